The predicted molar refractivity (Wildman–Crippen MR) is 123 cm³/mol. The standard InChI is InChI=1S/C26H18OSi/c1-28(2)21-11-5-9-17-15-7-3-4-8-16(15)18-13-14-20-26(24(18)23(17)21)25-19(27-20)10-6-12-22(25)28/h3-14H,1-2H3. The molecular formula is C26H18OSi. The second-order valence-corrected chi connectivity index (χ2v) is 12.9. The van der Waals surface area contributed by atoms with Crippen molar-refractivity contribution in [2.45, 2.75) is 13.1 Å². The molecule has 0 atom stereocenters. The second kappa shape index (κ2) is 4.65. The van der Waals surface area contributed by atoms with E-state index >= 15 is 0 Å². The van der Waals surface area contributed by atoms with E-state index in [2.05, 4.69) is 85.9 Å². The van der Waals surface area contributed by atoms with Gasteiger partial charge in [0, 0.05) is 16.2 Å². The number of hydrogen-bond donors (Lipinski definition) is 0. The number of furan rings is 1. The van der Waals surface area contributed by atoms with Crippen LogP contribution in [0.15, 0.2) is 77.2 Å². The fourth-order valence-electron chi connectivity index (χ4n) is 5.58. The Kier molecular flexibility index (Phi) is 2.47. The van der Waals surface area contributed by atoms with Gasteiger partial charge in [0.25, 0.3) is 0 Å². The molecule has 1 aromatic heterocycles. The van der Waals surface area contributed by atoms with Gasteiger partial charge in [-0.3, -0.25) is 0 Å². The average Bonchev–Trinajstić information content (AvgIpc) is 3.08. The van der Waals surface area contributed by atoms with Crippen LogP contribution in [0.4, 0.5) is 0 Å². The average molecular weight is 375 g/mol. The lowest BCUT2D eigenvalue weighted by molar-refractivity contribution is 0.669. The highest BCUT2D eigenvalue weighted by Gasteiger charge is 2.34. The first-order valence-corrected chi connectivity index (χ1v) is 12.9. The van der Waals surface area contributed by atoms with E-state index in [-0.39, 0.29) is 0 Å². The van der Waals surface area contributed by atoms with Crippen LogP contribution in [0.25, 0.3) is 54.3 Å². The van der Waals surface area contributed by atoms with Crippen molar-refractivity contribution < 1.29 is 4.42 Å². The molecule has 2 heterocycles. The first kappa shape index (κ1) is 14.9. The van der Waals surface area contributed by atoms with E-state index in [0.717, 1.165) is 11.2 Å². The Balaban J connectivity index is 2.00. The summed E-state index contributed by atoms with van der Waals surface area (Å²) in [5.74, 6) is 0. The maximum absolute atomic E-state index is 6.35. The highest BCUT2D eigenvalue weighted by molar-refractivity contribution is 7.03. The Labute approximate surface area is 163 Å². The molecule has 0 amide bonds. The third-order valence-corrected chi connectivity index (χ3v) is 10.4. The zero-order chi connectivity index (χ0) is 18.6. The molecular weight excluding hydrogens is 356 g/mol. The molecule has 132 valence electrons. The Bertz CT molecular complexity index is 1640. The van der Waals surface area contributed by atoms with Crippen LogP contribution in [0.5, 0.6) is 0 Å². The molecule has 0 radical (unpaired) electrons. The maximum atomic E-state index is 6.35. The topological polar surface area (TPSA) is 13.1 Å². The summed E-state index contributed by atoms with van der Waals surface area (Å²) in [6.07, 6.45) is 0. The summed E-state index contributed by atoms with van der Waals surface area (Å²) < 4.78 is 6.35. The summed E-state index contributed by atoms with van der Waals surface area (Å²) in [4.78, 5) is 0. The molecule has 0 N–H and O–H groups in total. The van der Waals surface area contributed by atoms with Gasteiger partial charge < -0.3 is 4.42 Å². The van der Waals surface area contributed by atoms with Gasteiger partial charge in [-0.1, -0.05) is 67.7 Å². The molecule has 0 spiro atoms. The Morgan fingerprint density at radius 1 is 0.500 bits per heavy atom. The lowest BCUT2D eigenvalue weighted by atomic mass is 9.92. The van der Waals surface area contributed by atoms with Crippen LogP contribution < -0.4 is 10.4 Å². The van der Waals surface area contributed by atoms with E-state index in [4.69, 9.17) is 4.42 Å². The quantitative estimate of drug-likeness (QED) is 0.228. The number of rotatable bonds is 0. The summed E-state index contributed by atoms with van der Waals surface area (Å²) in [7, 11) is -1.90. The highest BCUT2D eigenvalue weighted by Crippen LogP contribution is 2.43. The van der Waals surface area contributed by atoms with E-state index in [9.17, 15) is 0 Å². The van der Waals surface area contributed by atoms with Gasteiger partial charge in [0.1, 0.15) is 19.2 Å². The van der Waals surface area contributed by atoms with Crippen molar-refractivity contribution in [1.29, 1.82) is 0 Å². The van der Waals surface area contributed by atoms with Gasteiger partial charge in [-0.05, 0) is 55.5 Å². The molecule has 5 aromatic carbocycles. The Morgan fingerprint density at radius 2 is 1.11 bits per heavy atom. The first-order valence-electron chi connectivity index (χ1n) is 9.88. The van der Waals surface area contributed by atoms with Crippen molar-refractivity contribution in [3.8, 4) is 0 Å². The van der Waals surface area contributed by atoms with Crippen molar-refractivity contribution in [1.82, 2.24) is 0 Å². The van der Waals surface area contributed by atoms with Crippen LogP contribution in [-0.2, 0) is 0 Å². The van der Waals surface area contributed by atoms with E-state index in [1.54, 1.807) is 0 Å². The summed E-state index contributed by atoms with van der Waals surface area (Å²) in [6.45, 7) is 4.98. The lowest BCUT2D eigenvalue weighted by Gasteiger charge is -2.25. The second-order valence-electron chi connectivity index (χ2n) is 8.54. The molecule has 1 aliphatic heterocycles. The molecule has 0 bridgehead atoms. The number of hydrogen-bond acceptors (Lipinski definition) is 1. The molecule has 6 aromatic rings. The van der Waals surface area contributed by atoms with E-state index in [0.29, 0.717) is 0 Å². The van der Waals surface area contributed by atoms with Crippen molar-refractivity contribution >= 4 is 72.7 Å². The fourth-order valence-corrected chi connectivity index (χ4v) is 8.65. The van der Waals surface area contributed by atoms with Crippen LogP contribution in [0.2, 0.25) is 13.1 Å². The van der Waals surface area contributed by atoms with E-state index < -0.39 is 8.07 Å². The van der Waals surface area contributed by atoms with Gasteiger partial charge in [-0.2, -0.15) is 0 Å². The highest BCUT2D eigenvalue weighted by atomic mass is 28.3. The van der Waals surface area contributed by atoms with Crippen molar-refractivity contribution in [2.75, 3.05) is 0 Å². The molecule has 28 heavy (non-hydrogen) atoms. The zero-order valence-corrected chi connectivity index (χ0v) is 16.8. The Hall–Kier alpha value is -3.10. The molecule has 0 saturated carbocycles. The molecule has 0 saturated heterocycles. The molecule has 1 nitrogen and oxygen atoms in total. The third kappa shape index (κ3) is 1.52. The lowest BCUT2D eigenvalue weighted by Crippen LogP contribution is -2.53. The Morgan fingerprint density at radius 3 is 1.89 bits per heavy atom. The number of benzene rings is 5. The van der Waals surface area contributed by atoms with E-state index in [1.165, 1.54) is 53.5 Å². The van der Waals surface area contributed by atoms with Gasteiger partial charge in [-0.25, -0.2) is 0 Å². The van der Waals surface area contributed by atoms with Crippen LogP contribution in [0, 0.1) is 0 Å². The molecule has 0 aliphatic carbocycles. The maximum Gasteiger partial charge on any atom is 0.136 e. The number of fused-ring (bicyclic) bond motifs is 3. The monoisotopic (exact) mass is 374 g/mol. The minimum absolute atomic E-state index is 1.01. The van der Waals surface area contributed by atoms with Gasteiger partial charge >= 0.3 is 0 Å². The van der Waals surface area contributed by atoms with Crippen molar-refractivity contribution in [2.24, 2.45) is 0 Å². The summed E-state index contributed by atoms with van der Waals surface area (Å²) in [6, 6.07) is 26.8. The molecule has 0 unspecified atom stereocenters. The predicted octanol–water partition coefficient (Wildman–Crippen LogP) is 6.18. The molecule has 7 rings (SSSR count). The SMILES string of the molecule is C[Si]1(C)c2cccc3oc4ccc5c6ccccc6c6cccc1c6c5c4c23. The summed E-state index contributed by atoms with van der Waals surface area (Å²) in [5, 5.41) is 13.9. The summed E-state index contributed by atoms with van der Waals surface area (Å²) >= 11 is 0. The van der Waals surface area contributed by atoms with Gasteiger partial charge in [0.2, 0.25) is 0 Å². The first-order chi connectivity index (χ1) is 13.7. The third-order valence-electron chi connectivity index (χ3n) is 6.83. The van der Waals surface area contributed by atoms with Gasteiger partial charge in [-0.15, -0.1) is 0 Å². The fraction of sp³-hybridized carbons (Fsp3) is 0.0769. The van der Waals surface area contributed by atoms with Crippen LogP contribution >= 0.6 is 0 Å². The van der Waals surface area contributed by atoms with Crippen LogP contribution in [0.3, 0.4) is 0 Å². The molecule has 1 aliphatic rings. The molecule has 2 heteroatoms. The van der Waals surface area contributed by atoms with Crippen molar-refractivity contribution in [3.63, 3.8) is 0 Å². The summed E-state index contributed by atoms with van der Waals surface area (Å²) in [5.41, 5.74) is 2.03. The normalized spacial score (nSPS) is 15.1. The minimum Gasteiger partial charge on any atom is -0.456 e. The minimum atomic E-state index is -1.90. The largest absolute Gasteiger partial charge is 0.456 e. The van der Waals surface area contributed by atoms with Crippen molar-refractivity contribution in [3.05, 3.63) is 72.8 Å². The van der Waals surface area contributed by atoms with Gasteiger partial charge in [0.15, 0.2) is 0 Å². The van der Waals surface area contributed by atoms with Crippen LogP contribution in [-0.4, -0.2) is 8.07 Å². The van der Waals surface area contributed by atoms with Gasteiger partial charge in [0.05, 0.1) is 0 Å². The molecule has 0 fully saturated rings. The zero-order valence-electron chi connectivity index (χ0n) is 15.8. The van der Waals surface area contributed by atoms with E-state index in [1.807, 2.05) is 0 Å². The van der Waals surface area contributed by atoms with Crippen LogP contribution in [0.1, 0.15) is 0 Å². The smallest absolute Gasteiger partial charge is 0.136 e.